The zero-order valence-corrected chi connectivity index (χ0v) is 6.31. The Hall–Kier alpha value is -1.77. The van der Waals surface area contributed by atoms with Crippen molar-refractivity contribution in [1.29, 1.82) is 0 Å². The first-order chi connectivity index (χ1) is 5.97. The van der Waals surface area contributed by atoms with E-state index in [0.717, 1.165) is 5.69 Å². The summed E-state index contributed by atoms with van der Waals surface area (Å²) < 4.78 is 10.1. The molecular weight excluding hydrogens is 154 g/mol. The monoisotopic (exact) mass is 161 g/mol. The zero-order valence-electron chi connectivity index (χ0n) is 6.31. The number of hydrogen-bond donors (Lipinski definition) is 0. The molecule has 0 amide bonds. The first-order valence-electron chi connectivity index (χ1n) is 3.55. The summed E-state index contributed by atoms with van der Waals surface area (Å²) in [6, 6.07) is 5.60. The second-order valence-electron chi connectivity index (χ2n) is 2.22. The minimum atomic E-state index is 0.623. The summed E-state index contributed by atoms with van der Waals surface area (Å²) in [5, 5.41) is 0. The molecule has 0 fully saturated rings. The molecule has 0 radical (unpaired) electrons. The van der Waals surface area contributed by atoms with Gasteiger partial charge in [0.05, 0.1) is 0 Å². The number of pyridine rings is 1. The maximum Gasteiger partial charge on any atom is 0.187 e. The van der Waals surface area contributed by atoms with Crippen LogP contribution in [0.25, 0.3) is 5.76 Å². The smallest absolute Gasteiger partial charge is 0.187 e. The molecule has 12 heavy (non-hydrogen) atoms. The molecule has 0 spiro atoms. The van der Waals surface area contributed by atoms with Crippen LogP contribution in [-0.4, -0.2) is 4.98 Å². The molecule has 1 aromatic rings. The van der Waals surface area contributed by atoms with Gasteiger partial charge < -0.3 is 9.47 Å². The third-order valence-electron chi connectivity index (χ3n) is 1.42. The van der Waals surface area contributed by atoms with Crippen LogP contribution < -0.4 is 0 Å². The average Bonchev–Trinajstić information content (AvgIpc) is 2.21. The van der Waals surface area contributed by atoms with E-state index >= 15 is 0 Å². The Kier molecular flexibility index (Phi) is 1.78. The van der Waals surface area contributed by atoms with Crippen LogP contribution >= 0.6 is 0 Å². The van der Waals surface area contributed by atoms with Crippen molar-refractivity contribution in [2.24, 2.45) is 0 Å². The molecule has 1 aliphatic rings. The van der Waals surface area contributed by atoms with Crippen molar-refractivity contribution in [3.8, 4) is 0 Å². The van der Waals surface area contributed by atoms with Gasteiger partial charge in [0.1, 0.15) is 24.5 Å². The average molecular weight is 161 g/mol. The normalized spacial score (nSPS) is 14.5. The molecule has 0 saturated heterocycles. The SMILES string of the molecule is C1=COC(c2ccccn2)=CO1. The molecule has 0 unspecified atom stereocenters. The molecule has 1 aliphatic heterocycles. The lowest BCUT2D eigenvalue weighted by atomic mass is 10.3. The van der Waals surface area contributed by atoms with Crippen molar-refractivity contribution >= 4 is 5.76 Å². The van der Waals surface area contributed by atoms with Gasteiger partial charge in [-0.25, -0.2) is 0 Å². The number of ether oxygens (including phenoxy) is 2. The third-order valence-corrected chi connectivity index (χ3v) is 1.42. The van der Waals surface area contributed by atoms with Gasteiger partial charge in [-0.1, -0.05) is 6.07 Å². The molecule has 0 aliphatic carbocycles. The minimum Gasteiger partial charge on any atom is -0.465 e. The van der Waals surface area contributed by atoms with Crippen LogP contribution in [0.2, 0.25) is 0 Å². The lowest BCUT2D eigenvalue weighted by Crippen LogP contribution is -1.93. The molecule has 0 aromatic carbocycles. The summed E-state index contributed by atoms with van der Waals surface area (Å²) >= 11 is 0. The second-order valence-corrected chi connectivity index (χ2v) is 2.22. The predicted octanol–water partition coefficient (Wildman–Crippen LogP) is 1.90. The van der Waals surface area contributed by atoms with Gasteiger partial charge >= 0.3 is 0 Å². The van der Waals surface area contributed by atoms with Crippen molar-refractivity contribution in [3.05, 3.63) is 48.9 Å². The Morgan fingerprint density at radius 1 is 1.17 bits per heavy atom. The summed E-state index contributed by atoms with van der Waals surface area (Å²) in [4.78, 5) is 4.10. The van der Waals surface area contributed by atoms with E-state index in [9.17, 15) is 0 Å². The molecule has 3 heteroatoms. The summed E-state index contributed by atoms with van der Waals surface area (Å²) in [6.45, 7) is 0. The van der Waals surface area contributed by atoms with Crippen molar-refractivity contribution in [2.75, 3.05) is 0 Å². The highest BCUT2D eigenvalue weighted by atomic mass is 16.5. The highest BCUT2D eigenvalue weighted by Gasteiger charge is 2.04. The van der Waals surface area contributed by atoms with Gasteiger partial charge in [0.25, 0.3) is 0 Å². The highest BCUT2D eigenvalue weighted by molar-refractivity contribution is 5.55. The summed E-state index contributed by atoms with van der Waals surface area (Å²) in [5.74, 6) is 0.623. The van der Waals surface area contributed by atoms with Gasteiger partial charge in [0.15, 0.2) is 5.76 Å². The van der Waals surface area contributed by atoms with Gasteiger partial charge in [-0.15, -0.1) is 0 Å². The fraction of sp³-hybridized carbons (Fsp3) is 0. The number of rotatable bonds is 1. The maximum atomic E-state index is 5.16. The molecule has 0 N–H and O–H groups in total. The number of aromatic nitrogens is 1. The zero-order chi connectivity index (χ0) is 8.23. The van der Waals surface area contributed by atoms with Gasteiger partial charge in [-0.05, 0) is 12.1 Å². The molecule has 1 aromatic heterocycles. The van der Waals surface area contributed by atoms with E-state index < -0.39 is 0 Å². The largest absolute Gasteiger partial charge is 0.465 e. The van der Waals surface area contributed by atoms with E-state index in [2.05, 4.69) is 4.98 Å². The van der Waals surface area contributed by atoms with Crippen LogP contribution in [0, 0.1) is 0 Å². The Morgan fingerprint density at radius 2 is 2.17 bits per heavy atom. The summed E-state index contributed by atoms with van der Waals surface area (Å²) in [5.41, 5.74) is 0.766. The second kappa shape index (κ2) is 3.09. The highest BCUT2D eigenvalue weighted by Crippen LogP contribution is 2.15. The molecule has 0 atom stereocenters. The topological polar surface area (TPSA) is 31.4 Å². The van der Waals surface area contributed by atoms with Crippen molar-refractivity contribution in [3.63, 3.8) is 0 Å². The molecule has 3 nitrogen and oxygen atoms in total. The van der Waals surface area contributed by atoms with Crippen LogP contribution in [0.15, 0.2) is 43.2 Å². The Bertz CT molecular complexity index is 317. The minimum absolute atomic E-state index is 0.623. The van der Waals surface area contributed by atoms with Crippen LogP contribution in [-0.2, 0) is 9.47 Å². The van der Waals surface area contributed by atoms with Crippen molar-refractivity contribution in [1.82, 2.24) is 4.98 Å². The fourth-order valence-electron chi connectivity index (χ4n) is 0.891. The quantitative estimate of drug-likeness (QED) is 0.630. The van der Waals surface area contributed by atoms with E-state index in [1.54, 1.807) is 6.20 Å². The lowest BCUT2D eigenvalue weighted by molar-refractivity contribution is 0.311. The lowest BCUT2D eigenvalue weighted by Gasteiger charge is -2.07. The molecule has 2 heterocycles. The van der Waals surface area contributed by atoms with Gasteiger partial charge in [-0.2, -0.15) is 0 Å². The maximum absolute atomic E-state index is 5.16. The van der Waals surface area contributed by atoms with Gasteiger partial charge in [0, 0.05) is 6.20 Å². The van der Waals surface area contributed by atoms with E-state index in [0.29, 0.717) is 5.76 Å². The van der Waals surface area contributed by atoms with E-state index in [1.807, 2.05) is 18.2 Å². The molecule has 2 rings (SSSR count). The van der Waals surface area contributed by atoms with Gasteiger partial charge in [0.2, 0.25) is 0 Å². The Labute approximate surface area is 70.0 Å². The Morgan fingerprint density at radius 3 is 2.83 bits per heavy atom. The van der Waals surface area contributed by atoms with Crippen molar-refractivity contribution < 1.29 is 9.47 Å². The van der Waals surface area contributed by atoms with Crippen LogP contribution in [0.4, 0.5) is 0 Å². The van der Waals surface area contributed by atoms with Crippen LogP contribution in [0.1, 0.15) is 5.69 Å². The van der Waals surface area contributed by atoms with Crippen molar-refractivity contribution in [2.45, 2.75) is 0 Å². The van der Waals surface area contributed by atoms with Crippen LogP contribution in [0.5, 0.6) is 0 Å². The van der Waals surface area contributed by atoms with Crippen LogP contribution in [0.3, 0.4) is 0 Å². The molecule has 0 bridgehead atoms. The number of hydrogen-bond acceptors (Lipinski definition) is 3. The summed E-state index contributed by atoms with van der Waals surface area (Å²) in [6.07, 6.45) is 6.16. The Balaban J connectivity index is 2.26. The fourth-order valence-corrected chi connectivity index (χ4v) is 0.891. The first-order valence-corrected chi connectivity index (χ1v) is 3.55. The van der Waals surface area contributed by atoms with E-state index in [1.165, 1.54) is 18.8 Å². The predicted molar refractivity (Wildman–Crippen MR) is 43.5 cm³/mol. The molecule has 0 saturated carbocycles. The summed E-state index contributed by atoms with van der Waals surface area (Å²) in [7, 11) is 0. The molecule has 60 valence electrons. The third kappa shape index (κ3) is 1.29. The van der Waals surface area contributed by atoms with Gasteiger partial charge in [-0.3, -0.25) is 4.98 Å². The standard InChI is InChI=1S/C9H7NO2/c1-2-4-10-8(3-1)9-7-11-5-6-12-9/h1-7H. The van der Waals surface area contributed by atoms with E-state index in [-0.39, 0.29) is 0 Å². The molecular formula is C9H7NO2. The number of nitrogens with zero attached hydrogens (tertiary/aromatic N) is 1. The first kappa shape index (κ1) is 6.91. The van der Waals surface area contributed by atoms with E-state index in [4.69, 9.17) is 9.47 Å².